The van der Waals surface area contributed by atoms with Crippen LogP contribution in [-0.4, -0.2) is 11.2 Å². The second-order valence-corrected chi connectivity index (χ2v) is 5.51. The predicted octanol–water partition coefficient (Wildman–Crippen LogP) is 4.39. The largest absolute Gasteiger partial charge is 0.393 e. The van der Waals surface area contributed by atoms with Crippen molar-refractivity contribution in [3.05, 3.63) is 0 Å². The Morgan fingerprint density at radius 3 is 2.13 bits per heavy atom. The van der Waals surface area contributed by atoms with E-state index in [2.05, 4.69) is 34.6 Å². The lowest BCUT2D eigenvalue weighted by atomic mass is 9.78. The molecule has 2 atom stereocenters. The molecule has 15 heavy (non-hydrogen) atoms. The van der Waals surface area contributed by atoms with Crippen LogP contribution in [0.5, 0.6) is 0 Å². The fourth-order valence-electron chi connectivity index (χ4n) is 1.85. The summed E-state index contributed by atoms with van der Waals surface area (Å²) in [5.41, 5.74) is 0.0830. The average molecular weight is 214 g/mol. The maximum absolute atomic E-state index is 10.2. The van der Waals surface area contributed by atoms with Gasteiger partial charge in [0.15, 0.2) is 0 Å². The predicted molar refractivity (Wildman–Crippen MR) is 68.0 cm³/mol. The zero-order valence-electron chi connectivity index (χ0n) is 11.3. The molecule has 0 spiro atoms. The zero-order valence-corrected chi connectivity index (χ0v) is 11.3. The van der Waals surface area contributed by atoms with E-state index in [9.17, 15) is 5.11 Å². The topological polar surface area (TPSA) is 20.2 Å². The second-order valence-electron chi connectivity index (χ2n) is 5.51. The third kappa shape index (κ3) is 5.55. The average Bonchev–Trinajstić information content (AvgIpc) is 2.23. The van der Waals surface area contributed by atoms with E-state index in [1.165, 1.54) is 25.7 Å². The van der Waals surface area contributed by atoms with Crippen LogP contribution in [0.4, 0.5) is 0 Å². The summed E-state index contributed by atoms with van der Waals surface area (Å²) in [4.78, 5) is 0. The van der Waals surface area contributed by atoms with Crippen LogP contribution in [0.1, 0.15) is 73.1 Å². The number of aliphatic hydroxyl groups excluding tert-OH is 1. The Morgan fingerprint density at radius 2 is 1.73 bits per heavy atom. The molecule has 0 aliphatic carbocycles. The molecule has 0 rings (SSSR count). The maximum Gasteiger partial charge on any atom is 0.0593 e. The first-order valence-corrected chi connectivity index (χ1v) is 6.65. The molecule has 2 unspecified atom stereocenters. The minimum atomic E-state index is -0.135. The van der Waals surface area contributed by atoms with Crippen molar-refractivity contribution in [2.45, 2.75) is 79.2 Å². The van der Waals surface area contributed by atoms with Crippen LogP contribution in [0.2, 0.25) is 0 Å². The molecule has 0 aromatic carbocycles. The molecule has 1 N–H and O–H groups in total. The molecular formula is C14H30O. The lowest BCUT2D eigenvalue weighted by Gasteiger charge is -2.31. The molecule has 92 valence electrons. The summed E-state index contributed by atoms with van der Waals surface area (Å²) in [7, 11) is 0. The Hall–Kier alpha value is -0.0400. The SMILES string of the molecule is CCCCC(CC)CC(O)C(C)(C)CC. The maximum atomic E-state index is 10.2. The van der Waals surface area contributed by atoms with Crippen molar-refractivity contribution in [3.63, 3.8) is 0 Å². The molecule has 0 aliphatic rings. The van der Waals surface area contributed by atoms with E-state index in [1.54, 1.807) is 0 Å². The summed E-state index contributed by atoms with van der Waals surface area (Å²) in [5, 5.41) is 10.2. The monoisotopic (exact) mass is 214 g/mol. The Kier molecular flexibility index (Phi) is 7.25. The molecule has 0 fully saturated rings. The van der Waals surface area contributed by atoms with Crippen LogP contribution in [0.25, 0.3) is 0 Å². The van der Waals surface area contributed by atoms with Crippen molar-refractivity contribution < 1.29 is 5.11 Å². The number of unbranched alkanes of at least 4 members (excludes halogenated alkanes) is 1. The highest BCUT2D eigenvalue weighted by molar-refractivity contribution is 4.78. The van der Waals surface area contributed by atoms with Gasteiger partial charge in [0.1, 0.15) is 0 Å². The summed E-state index contributed by atoms with van der Waals surface area (Å²) in [6, 6.07) is 0. The van der Waals surface area contributed by atoms with E-state index in [0.29, 0.717) is 5.92 Å². The fraction of sp³-hybridized carbons (Fsp3) is 1.00. The van der Waals surface area contributed by atoms with Crippen LogP contribution >= 0.6 is 0 Å². The molecule has 0 amide bonds. The van der Waals surface area contributed by atoms with Gasteiger partial charge in [-0.3, -0.25) is 0 Å². The molecule has 0 radical (unpaired) electrons. The molecule has 0 aromatic heterocycles. The van der Waals surface area contributed by atoms with E-state index in [4.69, 9.17) is 0 Å². The first kappa shape index (κ1) is 15.0. The van der Waals surface area contributed by atoms with Gasteiger partial charge in [-0.1, -0.05) is 60.3 Å². The molecule has 1 nitrogen and oxygen atoms in total. The van der Waals surface area contributed by atoms with E-state index in [1.807, 2.05) is 0 Å². The van der Waals surface area contributed by atoms with Crippen LogP contribution < -0.4 is 0 Å². The van der Waals surface area contributed by atoms with Gasteiger partial charge in [0.05, 0.1) is 6.10 Å². The highest BCUT2D eigenvalue weighted by Crippen LogP contribution is 2.31. The van der Waals surface area contributed by atoms with E-state index >= 15 is 0 Å². The van der Waals surface area contributed by atoms with E-state index in [-0.39, 0.29) is 11.5 Å². The van der Waals surface area contributed by atoms with Crippen LogP contribution in [-0.2, 0) is 0 Å². The van der Waals surface area contributed by atoms with Gasteiger partial charge in [0.2, 0.25) is 0 Å². The summed E-state index contributed by atoms with van der Waals surface area (Å²) in [5.74, 6) is 0.714. The molecular weight excluding hydrogens is 184 g/mol. The highest BCUT2D eigenvalue weighted by Gasteiger charge is 2.27. The number of hydrogen-bond donors (Lipinski definition) is 1. The molecule has 1 heteroatoms. The first-order chi connectivity index (χ1) is 6.97. The first-order valence-electron chi connectivity index (χ1n) is 6.65. The third-order valence-electron chi connectivity index (χ3n) is 3.91. The molecule has 0 aromatic rings. The van der Waals surface area contributed by atoms with Crippen molar-refractivity contribution in [2.75, 3.05) is 0 Å². The summed E-state index contributed by atoms with van der Waals surface area (Å²) >= 11 is 0. The fourth-order valence-corrected chi connectivity index (χ4v) is 1.85. The molecule has 0 aliphatic heterocycles. The van der Waals surface area contributed by atoms with Crippen molar-refractivity contribution in [1.82, 2.24) is 0 Å². The van der Waals surface area contributed by atoms with Gasteiger partial charge >= 0.3 is 0 Å². The minimum absolute atomic E-state index is 0.0830. The van der Waals surface area contributed by atoms with Crippen molar-refractivity contribution in [3.8, 4) is 0 Å². The number of aliphatic hydroxyl groups is 1. The van der Waals surface area contributed by atoms with Crippen molar-refractivity contribution >= 4 is 0 Å². The normalized spacial score (nSPS) is 16.4. The van der Waals surface area contributed by atoms with Gasteiger partial charge in [-0.25, -0.2) is 0 Å². The lowest BCUT2D eigenvalue weighted by molar-refractivity contribution is 0.0252. The lowest BCUT2D eigenvalue weighted by Crippen LogP contribution is -2.30. The standard InChI is InChI=1S/C14H30O/c1-6-9-10-12(7-2)11-13(15)14(4,5)8-3/h12-13,15H,6-11H2,1-5H3. The van der Waals surface area contributed by atoms with Gasteiger partial charge in [-0.15, -0.1) is 0 Å². The van der Waals surface area contributed by atoms with Crippen LogP contribution in [0.3, 0.4) is 0 Å². The van der Waals surface area contributed by atoms with Crippen LogP contribution in [0, 0.1) is 11.3 Å². The van der Waals surface area contributed by atoms with Crippen molar-refractivity contribution in [1.29, 1.82) is 0 Å². The minimum Gasteiger partial charge on any atom is -0.393 e. The molecule has 0 saturated carbocycles. The third-order valence-corrected chi connectivity index (χ3v) is 3.91. The van der Waals surface area contributed by atoms with Gasteiger partial charge in [0, 0.05) is 0 Å². The Morgan fingerprint density at radius 1 is 1.13 bits per heavy atom. The van der Waals surface area contributed by atoms with E-state index in [0.717, 1.165) is 12.8 Å². The van der Waals surface area contributed by atoms with Gasteiger partial charge < -0.3 is 5.11 Å². The summed E-state index contributed by atoms with van der Waals surface area (Å²) in [6.45, 7) is 11.0. The highest BCUT2D eigenvalue weighted by atomic mass is 16.3. The molecule has 0 heterocycles. The number of rotatable bonds is 8. The number of hydrogen-bond acceptors (Lipinski definition) is 1. The summed E-state index contributed by atoms with van der Waals surface area (Å²) in [6.07, 6.45) is 6.96. The molecule has 0 bridgehead atoms. The van der Waals surface area contributed by atoms with Gasteiger partial charge in [-0.05, 0) is 24.2 Å². The van der Waals surface area contributed by atoms with Crippen molar-refractivity contribution in [2.24, 2.45) is 11.3 Å². The molecule has 0 saturated heterocycles. The van der Waals surface area contributed by atoms with Gasteiger partial charge in [0.25, 0.3) is 0 Å². The second kappa shape index (κ2) is 7.27. The zero-order chi connectivity index (χ0) is 11.9. The van der Waals surface area contributed by atoms with E-state index < -0.39 is 0 Å². The smallest absolute Gasteiger partial charge is 0.0593 e. The summed E-state index contributed by atoms with van der Waals surface area (Å²) < 4.78 is 0. The van der Waals surface area contributed by atoms with Gasteiger partial charge in [-0.2, -0.15) is 0 Å². The Balaban J connectivity index is 4.05. The van der Waals surface area contributed by atoms with Crippen LogP contribution in [0.15, 0.2) is 0 Å². The Labute approximate surface area is 96.3 Å². The Bertz CT molecular complexity index is 151. The quantitative estimate of drug-likeness (QED) is 0.635.